The third-order valence-electron chi connectivity index (χ3n) is 5.67. The summed E-state index contributed by atoms with van der Waals surface area (Å²) in [6.07, 6.45) is 5.80. The minimum Gasteiger partial charge on any atom is -0.495 e. The van der Waals surface area contributed by atoms with E-state index in [9.17, 15) is 13.2 Å². The number of anilines is 1. The lowest BCUT2D eigenvalue weighted by molar-refractivity contribution is -0.115. The van der Waals surface area contributed by atoms with Crippen molar-refractivity contribution in [3.05, 3.63) is 54.2 Å². The second kappa shape index (κ2) is 9.11. The number of aromatic nitrogens is 1. The van der Waals surface area contributed by atoms with Gasteiger partial charge in [-0.25, -0.2) is 8.42 Å². The number of rotatable bonds is 6. The minimum atomic E-state index is -3.63. The van der Waals surface area contributed by atoms with Gasteiger partial charge in [0.25, 0.3) is 0 Å². The van der Waals surface area contributed by atoms with Crippen molar-refractivity contribution in [1.29, 1.82) is 0 Å². The summed E-state index contributed by atoms with van der Waals surface area (Å²) in [6.45, 7) is 1.05. The Morgan fingerprint density at radius 1 is 1.10 bits per heavy atom. The van der Waals surface area contributed by atoms with Crippen molar-refractivity contribution in [2.75, 3.05) is 25.5 Å². The molecule has 2 aromatic carbocycles. The molecule has 2 heterocycles. The van der Waals surface area contributed by atoms with E-state index in [4.69, 9.17) is 4.74 Å². The molecule has 1 saturated heterocycles. The number of ether oxygens (including phenoxy) is 1. The van der Waals surface area contributed by atoms with Crippen molar-refractivity contribution in [2.24, 2.45) is 0 Å². The van der Waals surface area contributed by atoms with Gasteiger partial charge in [-0.05, 0) is 42.7 Å². The van der Waals surface area contributed by atoms with E-state index in [1.807, 2.05) is 30.5 Å². The highest BCUT2D eigenvalue weighted by Gasteiger charge is 2.26. The maximum Gasteiger partial charge on any atom is 0.243 e. The Morgan fingerprint density at radius 2 is 1.84 bits per heavy atom. The third-order valence-corrected chi connectivity index (χ3v) is 7.57. The topological polar surface area (TPSA) is 91.5 Å². The summed E-state index contributed by atoms with van der Waals surface area (Å²) in [7, 11) is -2.13. The maximum absolute atomic E-state index is 13.1. The molecule has 1 aliphatic rings. The van der Waals surface area contributed by atoms with Gasteiger partial charge >= 0.3 is 0 Å². The zero-order valence-electron chi connectivity index (χ0n) is 17.6. The number of methoxy groups -OCH3 is 1. The maximum atomic E-state index is 13.1. The van der Waals surface area contributed by atoms with Crippen molar-refractivity contribution in [2.45, 2.75) is 37.0 Å². The molecule has 1 amide bonds. The molecule has 0 bridgehead atoms. The molecule has 0 unspecified atom stereocenters. The van der Waals surface area contributed by atoms with Gasteiger partial charge in [0.1, 0.15) is 5.75 Å². The number of carbonyl (C=O) groups is 1. The van der Waals surface area contributed by atoms with Crippen LogP contribution in [0.4, 0.5) is 5.69 Å². The van der Waals surface area contributed by atoms with Crippen LogP contribution in [-0.2, 0) is 21.2 Å². The first-order valence-corrected chi connectivity index (χ1v) is 12.0. The standard InChI is InChI=1S/C23H27N3O4S/c1-30-22-11-10-18(31(28,29)26-12-6-2-3-7-13-26)15-21(22)25-23(27)14-17-16-24-20-9-5-4-8-19(17)20/h4-5,8-11,15-16,24H,2-3,6-7,12-14H2,1H3,(H,25,27). The van der Waals surface area contributed by atoms with Gasteiger partial charge in [-0.1, -0.05) is 31.0 Å². The fraction of sp³-hybridized carbons (Fsp3) is 0.348. The predicted octanol–water partition coefficient (Wildman–Crippen LogP) is 3.92. The predicted molar refractivity (Wildman–Crippen MR) is 121 cm³/mol. The van der Waals surface area contributed by atoms with E-state index in [0.29, 0.717) is 24.5 Å². The smallest absolute Gasteiger partial charge is 0.243 e. The van der Waals surface area contributed by atoms with Gasteiger partial charge in [-0.2, -0.15) is 4.31 Å². The van der Waals surface area contributed by atoms with Crippen molar-refractivity contribution in [3.63, 3.8) is 0 Å². The highest BCUT2D eigenvalue weighted by atomic mass is 32.2. The van der Waals surface area contributed by atoms with Gasteiger partial charge in [-0.15, -0.1) is 0 Å². The molecule has 8 heteroatoms. The average Bonchev–Trinajstić information content (AvgIpc) is 2.98. The van der Waals surface area contributed by atoms with Crippen molar-refractivity contribution < 1.29 is 17.9 Å². The number of nitrogens with one attached hydrogen (secondary N) is 2. The Morgan fingerprint density at radius 3 is 2.58 bits per heavy atom. The fourth-order valence-electron chi connectivity index (χ4n) is 4.02. The Labute approximate surface area is 182 Å². The van der Waals surface area contributed by atoms with Crippen LogP contribution in [0.25, 0.3) is 10.9 Å². The Bertz CT molecular complexity index is 1180. The molecule has 0 saturated carbocycles. The number of hydrogen-bond donors (Lipinski definition) is 2. The van der Waals surface area contributed by atoms with Crippen molar-refractivity contribution in [3.8, 4) is 5.75 Å². The number of para-hydroxylation sites is 1. The van der Waals surface area contributed by atoms with E-state index in [2.05, 4.69) is 10.3 Å². The van der Waals surface area contributed by atoms with Gasteiger partial charge in [-0.3, -0.25) is 4.79 Å². The third kappa shape index (κ3) is 4.60. The molecule has 4 rings (SSSR count). The molecule has 0 atom stereocenters. The quantitative estimate of drug-likeness (QED) is 0.606. The molecule has 0 radical (unpaired) electrons. The summed E-state index contributed by atoms with van der Waals surface area (Å²) in [4.78, 5) is 16.1. The van der Waals surface area contributed by atoms with Crippen LogP contribution in [0.1, 0.15) is 31.2 Å². The summed E-state index contributed by atoms with van der Waals surface area (Å²) in [5.74, 6) is 0.175. The number of fused-ring (bicyclic) bond motifs is 1. The van der Waals surface area contributed by atoms with Crippen LogP contribution in [-0.4, -0.2) is 43.8 Å². The van der Waals surface area contributed by atoms with Crippen LogP contribution in [0, 0.1) is 0 Å². The van der Waals surface area contributed by atoms with Crippen LogP contribution in [0.2, 0.25) is 0 Å². The number of sulfonamides is 1. The number of benzene rings is 2. The average molecular weight is 442 g/mol. The van der Waals surface area contributed by atoms with Gasteiger partial charge < -0.3 is 15.0 Å². The lowest BCUT2D eigenvalue weighted by Gasteiger charge is -2.21. The van der Waals surface area contributed by atoms with E-state index in [0.717, 1.165) is 42.1 Å². The summed E-state index contributed by atoms with van der Waals surface area (Å²) in [5.41, 5.74) is 2.19. The fourth-order valence-corrected chi connectivity index (χ4v) is 5.57. The molecule has 3 aromatic rings. The molecule has 0 aliphatic carbocycles. The number of nitrogens with zero attached hydrogens (tertiary/aromatic N) is 1. The zero-order chi connectivity index (χ0) is 21.8. The number of hydrogen-bond acceptors (Lipinski definition) is 4. The number of amides is 1. The van der Waals surface area contributed by atoms with E-state index in [1.54, 1.807) is 10.4 Å². The SMILES string of the molecule is COc1ccc(S(=O)(=O)N2CCCCCC2)cc1NC(=O)Cc1c[nH]c2ccccc12. The van der Waals surface area contributed by atoms with Crippen LogP contribution in [0.3, 0.4) is 0 Å². The molecular formula is C23H27N3O4S. The second-order valence-corrected chi connectivity index (χ2v) is 9.70. The van der Waals surface area contributed by atoms with Crippen LogP contribution >= 0.6 is 0 Å². The van der Waals surface area contributed by atoms with E-state index < -0.39 is 10.0 Å². The minimum absolute atomic E-state index is 0.163. The van der Waals surface area contributed by atoms with Crippen molar-refractivity contribution in [1.82, 2.24) is 9.29 Å². The molecule has 1 aliphatic heterocycles. The lowest BCUT2D eigenvalue weighted by atomic mass is 10.1. The monoisotopic (exact) mass is 441 g/mol. The summed E-state index contributed by atoms with van der Waals surface area (Å²) >= 11 is 0. The lowest BCUT2D eigenvalue weighted by Crippen LogP contribution is -2.32. The first-order valence-electron chi connectivity index (χ1n) is 10.5. The van der Waals surface area contributed by atoms with Gasteiger partial charge in [0.05, 0.1) is 24.1 Å². The molecule has 1 fully saturated rings. The summed E-state index contributed by atoms with van der Waals surface area (Å²) in [6, 6.07) is 12.4. The number of carbonyl (C=O) groups excluding carboxylic acids is 1. The molecule has 31 heavy (non-hydrogen) atoms. The molecule has 1 aromatic heterocycles. The van der Waals surface area contributed by atoms with E-state index in [-0.39, 0.29) is 17.2 Å². The summed E-state index contributed by atoms with van der Waals surface area (Å²) < 4.78 is 33.2. The molecular weight excluding hydrogens is 414 g/mol. The van der Waals surface area contributed by atoms with Crippen molar-refractivity contribution >= 4 is 32.5 Å². The largest absolute Gasteiger partial charge is 0.495 e. The van der Waals surface area contributed by atoms with Crippen LogP contribution in [0.5, 0.6) is 5.75 Å². The molecule has 164 valence electrons. The molecule has 0 spiro atoms. The van der Waals surface area contributed by atoms with Gasteiger partial charge in [0, 0.05) is 30.2 Å². The zero-order valence-corrected chi connectivity index (χ0v) is 18.4. The van der Waals surface area contributed by atoms with Crippen LogP contribution in [0.15, 0.2) is 53.6 Å². The van der Waals surface area contributed by atoms with Gasteiger partial charge in [0.15, 0.2) is 0 Å². The first-order chi connectivity index (χ1) is 15.0. The summed E-state index contributed by atoms with van der Waals surface area (Å²) in [5, 5.41) is 3.82. The van der Waals surface area contributed by atoms with E-state index >= 15 is 0 Å². The van der Waals surface area contributed by atoms with E-state index in [1.165, 1.54) is 19.2 Å². The van der Waals surface area contributed by atoms with Gasteiger partial charge in [0.2, 0.25) is 15.9 Å². The second-order valence-electron chi connectivity index (χ2n) is 7.76. The van der Waals surface area contributed by atoms with Crippen LogP contribution < -0.4 is 10.1 Å². The number of H-pyrrole nitrogens is 1. The Hall–Kier alpha value is -2.84. The molecule has 2 N–H and O–H groups in total. The highest BCUT2D eigenvalue weighted by molar-refractivity contribution is 7.89. The normalized spacial score (nSPS) is 15.5. The highest BCUT2D eigenvalue weighted by Crippen LogP contribution is 2.30. The molecule has 7 nitrogen and oxygen atoms in total. The first kappa shape index (κ1) is 21.4. The Balaban J connectivity index is 1.56. The number of aromatic amines is 1. The Kier molecular flexibility index (Phi) is 6.29.